The Hall–Kier alpha value is -0.890. The van der Waals surface area contributed by atoms with Gasteiger partial charge in [-0.2, -0.15) is 0 Å². The van der Waals surface area contributed by atoms with Crippen molar-refractivity contribution in [3.8, 4) is 0 Å². The van der Waals surface area contributed by atoms with Crippen molar-refractivity contribution in [2.75, 3.05) is 5.75 Å². The molecule has 2 unspecified atom stereocenters. The maximum atomic E-state index is 12.9. The van der Waals surface area contributed by atoms with Crippen molar-refractivity contribution in [1.82, 2.24) is 9.55 Å². The fourth-order valence-electron chi connectivity index (χ4n) is 3.07. The molecular formula is C15H18N2O3S2. The Bertz CT molecular complexity index is 813. The second-order valence-corrected chi connectivity index (χ2v) is 8.30. The lowest BCUT2D eigenvalue weighted by Gasteiger charge is -2.33. The average molecular weight is 338 g/mol. The standard InChI is InChI=1S/C15H18N2O3S2/c1-3-15(2)4-9-10(6-20-15)22-12-11(9)13(19)17-5-8(18)7-21-14(17)16-12/h8,18H,3-7H2,1-2H3. The minimum atomic E-state index is -0.479. The maximum Gasteiger partial charge on any atom is 0.263 e. The van der Waals surface area contributed by atoms with E-state index in [2.05, 4.69) is 18.8 Å². The molecule has 0 fully saturated rings. The summed E-state index contributed by atoms with van der Waals surface area (Å²) in [5.41, 5.74) is 0.889. The van der Waals surface area contributed by atoms with E-state index in [-0.39, 0.29) is 11.2 Å². The van der Waals surface area contributed by atoms with E-state index in [9.17, 15) is 9.90 Å². The van der Waals surface area contributed by atoms with Gasteiger partial charge in [-0.1, -0.05) is 18.7 Å². The minimum Gasteiger partial charge on any atom is -0.390 e. The highest BCUT2D eigenvalue weighted by Gasteiger charge is 2.34. The summed E-state index contributed by atoms with van der Waals surface area (Å²) in [6.45, 7) is 5.11. The van der Waals surface area contributed by atoms with E-state index >= 15 is 0 Å². The first-order valence-corrected chi connectivity index (χ1v) is 9.31. The van der Waals surface area contributed by atoms with Gasteiger partial charge < -0.3 is 9.84 Å². The van der Waals surface area contributed by atoms with Gasteiger partial charge in [0.15, 0.2) is 5.16 Å². The van der Waals surface area contributed by atoms with Gasteiger partial charge in [-0.3, -0.25) is 9.36 Å². The van der Waals surface area contributed by atoms with Gasteiger partial charge in [0.2, 0.25) is 0 Å². The zero-order chi connectivity index (χ0) is 15.5. The Balaban J connectivity index is 1.94. The van der Waals surface area contributed by atoms with Crippen molar-refractivity contribution in [1.29, 1.82) is 0 Å². The van der Waals surface area contributed by atoms with Crippen LogP contribution in [0, 0.1) is 0 Å². The molecule has 4 rings (SSSR count). The van der Waals surface area contributed by atoms with Crippen LogP contribution in [-0.2, 0) is 24.3 Å². The third-order valence-corrected chi connectivity index (χ3v) is 6.83. The lowest BCUT2D eigenvalue weighted by Crippen LogP contribution is -2.36. The number of fused-ring (bicyclic) bond motifs is 4. The Morgan fingerprint density at radius 3 is 3.14 bits per heavy atom. The van der Waals surface area contributed by atoms with Crippen molar-refractivity contribution in [3.63, 3.8) is 0 Å². The molecule has 1 N–H and O–H groups in total. The van der Waals surface area contributed by atoms with E-state index in [4.69, 9.17) is 4.74 Å². The molecule has 0 aliphatic carbocycles. The number of thioether (sulfide) groups is 1. The quantitative estimate of drug-likeness (QED) is 0.807. The third-order valence-electron chi connectivity index (χ3n) is 4.61. The molecule has 0 radical (unpaired) electrons. The number of hydrogen-bond donors (Lipinski definition) is 1. The predicted octanol–water partition coefficient (Wildman–Crippen LogP) is 2.17. The number of thiophene rings is 1. The van der Waals surface area contributed by atoms with Crippen LogP contribution in [0.4, 0.5) is 0 Å². The normalized spacial score (nSPS) is 27.7. The first-order chi connectivity index (χ1) is 10.5. The molecule has 0 bridgehead atoms. The molecule has 7 heteroatoms. The molecule has 2 aromatic heterocycles. The summed E-state index contributed by atoms with van der Waals surface area (Å²) in [7, 11) is 0. The lowest BCUT2D eigenvalue weighted by atomic mass is 9.90. The SMILES string of the molecule is CCC1(C)Cc2c(sc3nc4n(c(=O)c23)CC(O)CS4)CO1. The van der Waals surface area contributed by atoms with Gasteiger partial charge in [0, 0.05) is 17.1 Å². The van der Waals surface area contributed by atoms with Crippen LogP contribution < -0.4 is 5.56 Å². The topological polar surface area (TPSA) is 64.4 Å². The van der Waals surface area contributed by atoms with Crippen LogP contribution in [0.1, 0.15) is 30.7 Å². The molecule has 5 nitrogen and oxygen atoms in total. The highest BCUT2D eigenvalue weighted by atomic mass is 32.2. The summed E-state index contributed by atoms with van der Waals surface area (Å²) in [4.78, 5) is 19.5. The Morgan fingerprint density at radius 2 is 2.36 bits per heavy atom. The molecule has 0 spiro atoms. The summed E-state index contributed by atoms with van der Waals surface area (Å²) in [6, 6.07) is 0. The van der Waals surface area contributed by atoms with E-state index in [1.807, 2.05) is 0 Å². The van der Waals surface area contributed by atoms with Crippen LogP contribution in [-0.4, -0.2) is 32.1 Å². The first-order valence-electron chi connectivity index (χ1n) is 7.50. The van der Waals surface area contributed by atoms with Crippen molar-refractivity contribution < 1.29 is 9.84 Å². The number of hydrogen-bond acceptors (Lipinski definition) is 6. The van der Waals surface area contributed by atoms with Crippen molar-refractivity contribution in [2.24, 2.45) is 0 Å². The molecule has 22 heavy (non-hydrogen) atoms. The van der Waals surface area contributed by atoms with Crippen LogP contribution >= 0.6 is 23.1 Å². The number of rotatable bonds is 1. The summed E-state index contributed by atoms with van der Waals surface area (Å²) >= 11 is 3.03. The number of aromatic nitrogens is 2. The molecule has 118 valence electrons. The van der Waals surface area contributed by atoms with Crippen molar-refractivity contribution in [3.05, 3.63) is 20.8 Å². The second-order valence-electron chi connectivity index (χ2n) is 6.23. The molecular weight excluding hydrogens is 320 g/mol. The van der Waals surface area contributed by atoms with E-state index in [1.54, 1.807) is 15.9 Å². The average Bonchev–Trinajstić information content (AvgIpc) is 2.86. The van der Waals surface area contributed by atoms with Gasteiger partial charge in [-0.05, 0) is 18.9 Å². The molecule has 4 heterocycles. The number of aliphatic hydroxyl groups is 1. The highest BCUT2D eigenvalue weighted by molar-refractivity contribution is 7.99. The zero-order valence-corrected chi connectivity index (χ0v) is 14.2. The molecule has 0 aromatic carbocycles. The first kappa shape index (κ1) is 14.7. The van der Waals surface area contributed by atoms with Crippen LogP contribution in [0.15, 0.2) is 9.95 Å². The molecule has 0 saturated carbocycles. The molecule has 2 atom stereocenters. The Morgan fingerprint density at radius 1 is 1.55 bits per heavy atom. The summed E-state index contributed by atoms with van der Waals surface area (Å²) < 4.78 is 7.61. The Labute approximate surface area is 136 Å². The number of aliphatic hydroxyl groups excluding tert-OH is 1. The van der Waals surface area contributed by atoms with Gasteiger partial charge in [-0.15, -0.1) is 11.3 Å². The molecule has 0 amide bonds. The zero-order valence-electron chi connectivity index (χ0n) is 12.6. The maximum absolute atomic E-state index is 12.9. The fourth-order valence-corrected chi connectivity index (χ4v) is 5.13. The third kappa shape index (κ3) is 2.14. The van der Waals surface area contributed by atoms with Crippen LogP contribution in [0.5, 0.6) is 0 Å². The minimum absolute atomic E-state index is 0.0101. The van der Waals surface area contributed by atoms with E-state index in [1.165, 1.54) is 11.8 Å². The van der Waals surface area contributed by atoms with Gasteiger partial charge in [0.05, 0.1) is 30.2 Å². The van der Waals surface area contributed by atoms with Gasteiger partial charge >= 0.3 is 0 Å². The van der Waals surface area contributed by atoms with Crippen LogP contribution in [0.25, 0.3) is 10.2 Å². The monoisotopic (exact) mass is 338 g/mol. The highest BCUT2D eigenvalue weighted by Crippen LogP contribution is 2.39. The van der Waals surface area contributed by atoms with Crippen molar-refractivity contribution >= 4 is 33.3 Å². The van der Waals surface area contributed by atoms with Gasteiger partial charge in [0.1, 0.15) is 4.83 Å². The van der Waals surface area contributed by atoms with E-state index in [0.29, 0.717) is 18.9 Å². The van der Waals surface area contributed by atoms with Gasteiger partial charge in [-0.25, -0.2) is 4.98 Å². The molecule has 2 aromatic rings. The lowest BCUT2D eigenvalue weighted by molar-refractivity contribution is -0.0543. The van der Waals surface area contributed by atoms with E-state index in [0.717, 1.165) is 38.7 Å². The summed E-state index contributed by atoms with van der Waals surface area (Å²) in [6.07, 6.45) is 1.19. The van der Waals surface area contributed by atoms with Crippen LogP contribution in [0.2, 0.25) is 0 Å². The molecule has 2 aliphatic rings. The van der Waals surface area contributed by atoms with Crippen molar-refractivity contribution in [2.45, 2.75) is 56.7 Å². The smallest absolute Gasteiger partial charge is 0.263 e. The largest absolute Gasteiger partial charge is 0.390 e. The number of ether oxygens (including phenoxy) is 1. The summed E-state index contributed by atoms with van der Waals surface area (Å²) in [5.74, 6) is 0.597. The Kier molecular flexibility index (Phi) is 3.38. The summed E-state index contributed by atoms with van der Waals surface area (Å²) in [5, 5.41) is 11.3. The van der Waals surface area contributed by atoms with E-state index < -0.39 is 6.10 Å². The second kappa shape index (κ2) is 5.06. The predicted molar refractivity (Wildman–Crippen MR) is 87.8 cm³/mol. The molecule has 2 aliphatic heterocycles. The molecule has 0 saturated heterocycles. The number of nitrogens with zero attached hydrogens (tertiary/aromatic N) is 2. The van der Waals surface area contributed by atoms with Crippen LogP contribution in [0.3, 0.4) is 0 Å². The fraction of sp³-hybridized carbons (Fsp3) is 0.600. The van der Waals surface area contributed by atoms with Gasteiger partial charge in [0.25, 0.3) is 5.56 Å².